The molecule has 0 aliphatic rings. The highest BCUT2D eigenvalue weighted by molar-refractivity contribution is 7.78. The van der Waals surface area contributed by atoms with Crippen molar-refractivity contribution < 1.29 is 26.3 Å². The van der Waals surface area contributed by atoms with Gasteiger partial charge in [-0.15, -0.1) is 11.3 Å². The summed E-state index contributed by atoms with van der Waals surface area (Å²) in [6.07, 6.45) is -4.59. The highest BCUT2D eigenvalue weighted by Crippen LogP contribution is 2.42. The molecule has 3 rings (SSSR count). The van der Waals surface area contributed by atoms with E-state index in [2.05, 4.69) is 4.98 Å². The van der Waals surface area contributed by atoms with E-state index in [1.165, 1.54) is 24.3 Å². The zero-order valence-corrected chi connectivity index (χ0v) is 14.6. The van der Waals surface area contributed by atoms with Gasteiger partial charge in [0.15, 0.2) is 16.1 Å². The Kier molecular flexibility index (Phi) is 5.22. The third-order valence-corrected chi connectivity index (χ3v) is 5.22. The molecular weight excluding hydrogens is 390 g/mol. The molecular formula is C17H11F4NO2S2. The Morgan fingerprint density at radius 1 is 1.00 bits per heavy atom. The van der Waals surface area contributed by atoms with E-state index in [4.69, 9.17) is 4.55 Å². The van der Waals surface area contributed by atoms with Crippen LogP contribution in [-0.4, -0.2) is 13.7 Å². The monoisotopic (exact) mass is 401 g/mol. The fourth-order valence-corrected chi connectivity index (χ4v) is 3.77. The predicted molar refractivity (Wildman–Crippen MR) is 92.4 cm³/mol. The first-order valence-electron chi connectivity index (χ1n) is 7.25. The average Bonchev–Trinajstić information content (AvgIpc) is 3.01. The molecule has 136 valence electrons. The Morgan fingerprint density at radius 3 is 2.12 bits per heavy atom. The smallest absolute Gasteiger partial charge is 0.306 e. The molecule has 3 nitrogen and oxygen atoms in total. The third kappa shape index (κ3) is 4.17. The zero-order valence-electron chi connectivity index (χ0n) is 13.0. The van der Waals surface area contributed by atoms with Gasteiger partial charge < -0.3 is 4.55 Å². The molecule has 0 amide bonds. The summed E-state index contributed by atoms with van der Waals surface area (Å²) in [5.74, 6) is -0.562. The summed E-state index contributed by atoms with van der Waals surface area (Å²) in [6.45, 7) is 0. The quantitative estimate of drug-likeness (QED) is 0.473. The molecule has 1 unspecified atom stereocenters. The summed E-state index contributed by atoms with van der Waals surface area (Å²) in [6, 6.07) is 11.4. The summed E-state index contributed by atoms with van der Waals surface area (Å²) in [5, 5.41) is -0.993. The number of hydrogen-bond donors (Lipinski definition) is 1. The van der Waals surface area contributed by atoms with Gasteiger partial charge in [0.1, 0.15) is 5.82 Å². The molecule has 0 bridgehead atoms. The van der Waals surface area contributed by atoms with Crippen molar-refractivity contribution in [1.82, 2.24) is 4.98 Å². The second kappa shape index (κ2) is 7.26. The van der Waals surface area contributed by atoms with Crippen molar-refractivity contribution in [3.8, 4) is 21.7 Å². The minimum Gasteiger partial charge on any atom is -0.306 e. The second-order valence-corrected chi connectivity index (χ2v) is 7.29. The first kappa shape index (κ1) is 18.7. The number of alkyl halides is 3. The minimum atomic E-state index is -4.59. The Labute approximate surface area is 152 Å². The molecule has 0 fully saturated rings. The zero-order chi connectivity index (χ0) is 18.9. The van der Waals surface area contributed by atoms with Gasteiger partial charge in [-0.2, -0.15) is 13.2 Å². The molecule has 0 saturated heterocycles. The van der Waals surface area contributed by atoms with Crippen molar-refractivity contribution in [2.24, 2.45) is 0 Å². The predicted octanol–water partition coefficient (Wildman–Crippen LogP) is 5.36. The first-order valence-corrected chi connectivity index (χ1v) is 9.34. The van der Waals surface area contributed by atoms with Crippen molar-refractivity contribution in [1.29, 1.82) is 0 Å². The maximum Gasteiger partial charge on any atom is 0.443 e. The summed E-state index contributed by atoms with van der Waals surface area (Å²) in [5.41, 5.74) is 1.56. The molecule has 3 aromatic rings. The highest BCUT2D eigenvalue weighted by atomic mass is 32.2. The van der Waals surface area contributed by atoms with Gasteiger partial charge in [0, 0.05) is 5.56 Å². The Bertz CT molecular complexity index is 935. The van der Waals surface area contributed by atoms with Gasteiger partial charge in [-0.25, -0.2) is 13.6 Å². The number of benzene rings is 2. The number of thiazole rings is 1. The standard InChI is InChI=1S/C17H11F4NO2S2/c18-13-7-5-12(6-8-13)15-14(22-16(25-15)17(19,20)21)11-3-1-10(2-4-11)9-26(23)24/h1-8H,9H2,(H,23,24). The van der Waals surface area contributed by atoms with Gasteiger partial charge >= 0.3 is 6.18 Å². The molecule has 26 heavy (non-hydrogen) atoms. The normalized spacial score (nSPS) is 13.0. The maximum absolute atomic E-state index is 13.1. The molecule has 0 aliphatic carbocycles. The molecule has 2 aromatic carbocycles. The van der Waals surface area contributed by atoms with Gasteiger partial charge in [0.05, 0.1) is 16.3 Å². The summed E-state index contributed by atoms with van der Waals surface area (Å²) in [4.78, 5) is 4.01. The van der Waals surface area contributed by atoms with E-state index in [1.807, 2.05) is 0 Å². The van der Waals surface area contributed by atoms with E-state index >= 15 is 0 Å². The van der Waals surface area contributed by atoms with E-state index in [9.17, 15) is 21.8 Å². The van der Waals surface area contributed by atoms with Crippen molar-refractivity contribution in [2.45, 2.75) is 11.9 Å². The average molecular weight is 401 g/mol. The lowest BCUT2D eigenvalue weighted by Crippen LogP contribution is -2.03. The largest absolute Gasteiger partial charge is 0.443 e. The number of hydrogen-bond acceptors (Lipinski definition) is 3. The van der Waals surface area contributed by atoms with E-state index in [0.717, 1.165) is 0 Å². The van der Waals surface area contributed by atoms with Crippen molar-refractivity contribution in [3.63, 3.8) is 0 Å². The molecule has 9 heteroatoms. The van der Waals surface area contributed by atoms with E-state index in [0.29, 0.717) is 28.0 Å². The summed E-state index contributed by atoms with van der Waals surface area (Å²) in [7, 11) is 0. The lowest BCUT2D eigenvalue weighted by Gasteiger charge is -2.04. The fourth-order valence-electron chi connectivity index (χ4n) is 2.34. The topological polar surface area (TPSA) is 50.2 Å². The molecule has 0 aliphatic heterocycles. The van der Waals surface area contributed by atoms with Crippen molar-refractivity contribution in [2.75, 3.05) is 0 Å². The van der Waals surface area contributed by atoms with E-state index in [1.54, 1.807) is 24.3 Å². The van der Waals surface area contributed by atoms with Gasteiger partial charge in [0.2, 0.25) is 0 Å². The van der Waals surface area contributed by atoms with Crippen LogP contribution in [0.2, 0.25) is 0 Å². The highest BCUT2D eigenvalue weighted by Gasteiger charge is 2.36. The molecule has 0 radical (unpaired) electrons. The molecule has 1 heterocycles. The van der Waals surface area contributed by atoms with E-state index in [-0.39, 0.29) is 16.3 Å². The van der Waals surface area contributed by atoms with Gasteiger partial charge in [-0.05, 0) is 23.3 Å². The molecule has 1 atom stereocenters. The molecule has 1 N–H and O–H groups in total. The maximum atomic E-state index is 13.1. The van der Waals surface area contributed by atoms with Crippen LogP contribution in [-0.2, 0) is 23.0 Å². The van der Waals surface area contributed by atoms with Crippen molar-refractivity contribution in [3.05, 3.63) is 64.9 Å². The number of nitrogens with zero attached hydrogens (tertiary/aromatic N) is 1. The van der Waals surface area contributed by atoms with Gasteiger partial charge in [-0.1, -0.05) is 36.4 Å². The number of rotatable bonds is 4. The fraction of sp³-hybridized carbons (Fsp3) is 0.118. The minimum absolute atomic E-state index is 0.0734. The molecule has 1 aromatic heterocycles. The Balaban J connectivity index is 2.08. The Morgan fingerprint density at radius 2 is 1.58 bits per heavy atom. The van der Waals surface area contributed by atoms with Crippen LogP contribution in [0.15, 0.2) is 48.5 Å². The summed E-state index contributed by atoms with van der Waals surface area (Å²) >= 11 is -1.52. The van der Waals surface area contributed by atoms with Crippen LogP contribution in [0.4, 0.5) is 17.6 Å². The first-order chi connectivity index (χ1) is 12.2. The van der Waals surface area contributed by atoms with Crippen LogP contribution in [0.1, 0.15) is 10.6 Å². The van der Waals surface area contributed by atoms with Crippen LogP contribution in [0.3, 0.4) is 0 Å². The SMILES string of the molecule is O=S(O)Cc1ccc(-c2nc(C(F)(F)F)sc2-c2ccc(F)cc2)cc1. The van der Waals surface area contributed by atoms with Crippen LogP contribution >= 0.6 is 11.3 Å². The van der Waals surface area contributed by atoms with Gasteiger partial charge in [0.25, 0.3) is 0 Å². The molecule has 0 spiro atoms. The number of halogens is 4. The van der Waals surface area contributed by atoms with Gasteiger partial charge in [-0.3, -0.25) is 0 Å². The summed E-state index contributed by atoms with van der Waals surface area (Å²) < 4.78 is 72.2. The van der Waals surface area contributed by atoms with Crippen LogP contribution in [0, 0.1) is 5.82 Å². The van der Waals surface area contributed by atoms with Crippen LogP contribution in [0.25, 0.3) is 21.7 Å². The molecule has 0 saturated carbocycles. The van der Waals surface area contributed by atoms with Crippen LogP contribution in [0.5, 0.6) is 0 Å². The second-order valence-electron chi connectivity index (χ2n) is 5.36. The lowest BCUT2D eigenvalue weighted by molar-refractivity contribution is -0.137. The lowest BCUT2D eigenvalue weighted by atomic mass is 10.1. The Hall–Kier alpha value is -2.10. The number of aromatic nitrogens is 1. The van der Waals surface area contributed by atoms with Crippen LogP contribution < -0.4 is 0 Å². The third-order valence-electron chi connectivity index (χ3n) is 3.49. The van der Waals surface area contributed by atoms with E-state index < -0.39 is 28.1 Å². The van der Waals surface area contributed by atoms with Crippen molar-refractivity contribution >= 4 is 22.4 Å².